The lowest BCUT2D eigenvalue weighted by Crippen LogP contribution is -2.54. The molecule has 3 aromatic carbocycles. The molecule has 3 atom stereocenters. The normalized spacial score (nSPS) is 22.6. The number of phenols is 1. The maximum atomic E-state index is 17.0. The molecule has 0 spiro atoms. The van der Waals surface area contributed by atoms with Crippen LogP contribution < -0.4 is 25.2 Å². The molecule has 5 saturated heterocycles. The number of nitrogens with one attached hydrogen (secondary N) is 2. The number of fused-ring (bicyclic) bond motifs is 5. The van der Waals surface area contributed by atoms with Gasteiger partial charge in [-0.15, -0.1) is 0 Å². The fourth-order valence-electron chi connectivity index (χ4n) is 11.7. The zero-order chi connectivity index (χ0) is 47.3. The van der Waals surface area contributed by atoms with Crippen molar-refractivity contribution < 1.29 is 33.4 Å². The number of aromatic nitrogens is 3. The number of hydrogen-bond donors (Lipinski definition) is 3. The number of carbonyl (C=O) groups is 4. The summed E-state index contributed by atoms with van der Waals surface area (Å²) in [5.41, 5.74) is 3.37. The second-order valence-electron chi connectivity index (χ2n) is 19.7. The van der Waals surface area contributed by atoms with Gasteiger partial charge in [0.05, 0.1) is 16.5 Å². The predicted octanol–water partition coefficient (Wildman–Crippen LogP) is 5.29. The smallest absolute Gasteiger partial charge is 0.319 e. The molecule has 3 N–H and O–H groups in total. The number of phenolic OH excluding ortho intramolecular Hbond substituents is 1. The lowest BCUT2D eigenvalue weighted by molar-refractivity contribution is -0.136. The van der Waals surface area contributed by atoms with Crippen molar-refractivity contribution in [3.63, 3.8) is 0 Å². The van der Waals surface area contributed by atoms with Crippen LogP contribution >= 0.6 is 0 Å². The first-order valence-corrected chi connectivity index (χ1v) is 24.9. The minimum absolute atomic E-state index is 0.0476. The van der Waals surface area contributed by atoms with Crippen molar-refractivity contribution in [3.8, 4) is 23.0 Å². The minimum atomic E-state index is -0.975. The van der Waals surface area contributed by atoms with Crippen LogP contribution in [0.3, 0.4) is 0 Å². The molecule has 6 aliphatic heterocycles. The fraction of sp³-hybridized carbons (Fsp3) is 0.481. The van der Waals surface area contributed by atoms with Gasteiger partial charge in [-0.05, 0) is 124 Å². The van der Waals surface area contributed by atoms with Crippen molar-refractivity contribution in [1.82, 2.24) is 40.3 Å². The monoisotopic (exact) mass is 938 g/mol. The molecule has 2 aromatic heterocycles. The van der Waals surface area contributed by atoms with Gasteiger partial charge in [0.1, 0.15) is 35.4 Å². The number of halogens is 1. The second-order valence-corrected chi connectivity index (χ2v) is 19.7. The summed E-state index contributed by atoms with van der Waals surface area (Å²) in [5.74, 6) is -1.17. The van der Waals surface area contributed by atoms with Crippen LogP contribution in [0.15, 0.2) is 54.7 Å². The summed E-state index contributed by atoms with van der Waals surface area (Å²) in [6.07, 6.45) is 9.40. The Morgan fingerprint density at radius 1 is 0.812 bits per heavy atom. The molecule has 3 unspecified atom stereocenters. The Labute approximate surface area is 400 Å². The van der Waals surface area contributed by atoms with Gasteiger partial charge in [-0.1, -0.05) is 25.1 Å². The van der Waals surface area contributed by atoms with Crippen molar-refractivity contribution in [3.05, 3.63) is 77.2 Å². The van der Waals surface area contributed by atoms with E-state index in [0.29, 0.717) is 52.5 Å². The molecule has 11 rings (SSSR count). The van der Waals surface area contributed by atoms with Crippen LogP contribution in [-0.4, -0.2) is 149 Å². The van der Waals surface area contributed by atoms with E-state index in [1.807, 2.05) is 24.3 Å². The quantitative estimate of drug-likeness (QED) is 0.130. The Bertz CT molecular complexity index is 2830. The number of imide groups is 2. The van der Waals surface area contributed by atoms with Crippen molar-refractivity contribution in [2.75, 3.05) is 81.9 Å². The number of likely N-dealkylation sites (tertiary alicyclic amines) is 1. The number of amides is 4. The van der Waals surface area contributed by atoms with E-state index in [0.717, 1.165) is 131 Å². The number of hydrogen-bond acceptors (Lipinski definition) is 14. The lowest BCUT2D eigenvalue weighted by atomic mass is 9.92. The third-order valence-electron chi connectivity index (χ3n) is 15.4. The third-order valence-corrected chi connectivity index (χ3v) is 15.4. The van der Waals surface area contributed by atoms with E-state index in [-0.39, 0.29) is 35.8 Å². The van der Waals surface area contributed by atoms with Gasteiger partial charge in [0.15, 0.2) is 5.82 Å². The second kappa shape index (κ2) is 18.9. The van der Waals surface area contributed by atoms with Crippen molar-refractivity contribution in [1.29, 1.82) is 0 Å². The van der Waals surface area contributed by atoms with Crippen LogP contribution in [0.2, 0.25) is 0 Å². The minimum Gasteiger partial charge on any atom is -0.508 e. The molecule has 0 saturated carbocycles. The van der Waals surface area contributed by atoms with Crippen molar-refractivity contribution in [2.24, 2.45) is 5.92 Å². The van der Waals surface area contributed by atoms with Crippen molar-refractivity contribution >= 4 is 56.8 Å². The number of aryl methyl sites for hydroxylation is 1. The van der Waals surface area contributed by atoms with E-state index in [2.05, 4.69) is 37.2 Å². The van der Waals surface area contributed by atoms with Crippen LogP contribution in [-0.2, 0) is 16.0 Å². The molecule has 0 radical (unpaired) electrons. The SMILES string of the molecule is CCc1cccc2cc(O)cc(-c3ncc4c(N5CC6CCC(C5)N6)nc(OCCN5CCC(CCCN6CCN(c7ccc8c(c7)C(=O)N(C7CCC(=O)NC7=O)C8=O)CC6)CC5)nc4c3F)c12. The number of aromatic hydroxyl groups is 1. The van der Waals surface area contributed by atoms with E-state index in [4.69, 9.17) is 19.7 Å². The average Bonchev–Trinajstić information content (AvgIpc) is 3.83. The molecule has 5 aromatic rings. The number of nitrogens with zero attached hydrogens (tertiary/aromatic N) is 8. The molecule has 16 nitrogen and oxygen atoms in total. The number of anilines is 2. The largest absolute Gasteiger partial charge is 0.508 e. The van der Waals surface area contributed by atoms with Gasteiger partial charge in [-0.25, -0.2) is 4.39 Å². The van der Waals surface area contributed by atoms with Gasteiger partial charge in [0.2, 0.25) is 11.8 Å². The summed E-state index contributed by atoms with van der Waals surface area (Å²) in [6, 6.07) is 14.4. The molecule has 360 valence electrons. The first-order valence-electron chi connectivity index (χ1n) is 24.9. The summed E-state index contributed by atoms with van der Waals surface area (Å²) in [7, 11) is 0. The number of rotatable bonds is 13. The number of piperazine rings is 2. The molecular weight excluding hydrogens is 880 g/mol. The van der Waals surface area contributed by atoms with Gasteiger partial charge in [-0.2, -0.15) is 9.97 Å². The van der Waals surface area contributed by atoms with Gasteiger partial charge in [0.25, 0.3) is 11.8 Å². The maximum Gasteiger partial charge on any atom is 0.319 e. The zero-order valence-electron chi connectivity index (χ0n) is 39.1. The Hall–Kier alpha value is -6.30. The molecule has 5 fully saturated rings. The average molecular weight is 939 g/mol. The topological polar surface area (TPSA) is 177 Å². The molecule has 17 heteroatoms. The lowest BCUT2D eigenvalue weighted by Gasteiger charge is -2.37. The number of piperidine rings is 2. The summed E-state index contributed by atoms with van der Waals surface area (Å²) >= 11 is 0. The first-order chi connectivity index (χ1) is 33.6. The van der Waals surface area contributed by atoms with Gasteiger partial charge in [-0.3, -0.25) is 44.2 Å². The number of carbonyl (C=O) groups excluding carboxylic acids is 4. The fourth-order valence-corrected chi connectivity index (χ4v) is 11.7. The van der Waals surface area contributed by atoms with E-state index in [1.165, 1.54) is 6.42 Å². The summed E-state index contributed by atoms with van der Waals surface area (Å²) < 4.78 is 23.3. The van der Waals surface area contributed by atoms with E-state index >= 15 is 4.39 Å². The molecular formula is C52H59FN10O6. The van der Waals surface area contributed by atoms with Gasteiger partial charge >= 0.3 is 6.01 Å². The number of pyridine rings is 1. The Morgan fingerprint density at radius 3 is 2.35 bits per heavy atom. The number of ether oxygens (including phenoxy) is 1. The van der Waals surface area contributed by atoms with Crippen molar-refractivity contribution in [2.45, 2.75) is 82.8 Å². The standard InChI is InChI=1S/C52H59FN10O6/c1-2-32-6-3-7-33-25-37(64)27-40(44(32)33)46-45(53)47-41(28-54-46)48(62-29-34-8-9-35(30-62)55-34)58-52(57-47)69-24-23-60-17-14-31(15-18-60)5-4-16-59-19-21-61(22-20-59)36-10-11-38-39(26-36)51(68)63(50(38)67)42-12-13-43(65)56-49(42)66/h3,6-7,10-11,25-28,31,34-35,42,55,64H,2,4-5,8-9,12-24,29-30H2,1H3,(H,56,65,66). The van der Waals surface area contributed by atoms with Crippen LogP contribution in [0.4, 0.5) is 15.9 Å². The highest BCUT2D eigenvalue weighted by atomic mass is 19.1. The maximum absolute atomic E-state index is 17.0. The first kappa shape index (κ1) is 45.2. The summed E-state index contributed by atoms with van der Waals surface area (Å²) in [5, 5.41) is 18.9. The molecule has 69 heavy (non-hydrogen) atoms. The predicted molar refractivity (Wildman–Crippen MR) is 259 cm³/mol. The van der Waals surface area contributed by atoms with Crippen LogP contribution in [0.25, 0.3) is 32.9 Å². The number of benzene rings is 3. The van der Waals surface area contributed by atoms with E-state index in [9.17, 15) is 24.3 Å². The van der Waals surface area contributed by atoms with Gasteiger partial charge < -0.3 is 25.0 Å². The Morgan fingerprint density at radius 2 is 1.58 bits per heavy atom. The van der Waals surface area contributed by atoms with E-state index in [1.54, 1.807) is 30.5 Å². The Balaban J connectivity index is 0.676. The van der Waals surface area contributed by atoms with Crippen LogP contribution in [0, 0.1) is 11.7 Å². The van der Waals surface area contributed by atoms with E-state index < -0.39 is 35.5 Å². The van der Waals surface area contributed by atoms with Crippen LogP contribution in [0.5, 0.6) is 11.8 Å². The molecule has 4 amide bonds. The molecule has 0 aliphatic carbocycles. The third kappa shape index (κ3) is 8.84. The molecule has 6 aliphatic rings. The highest BCUT2D eigenvalue weighted by molar-refractivity contribution is 6.23. The summed E-state index contributed by atoms with van der Waals surface area (Å²) in [6.45, 7) is 11.1. The molecule has 8 heterocycles. The van der Waals surface area contributed by atoms with Crippen LogP contribution in [0.1, 0.15) is 84.6 Å². The summed E-state index contributed by atoms with van der Waals surface area (Å²) in [4.78, 5) is 75.5. The highest BCUT2D eigenvalue weighted by Gasteiger charge is 2.45. The van der Waals surface area contributed by atoms with Gasteiger partial charge in [0, 0.05) is 81.8 Å². The Kier molecular flexibility index (Phi) is 12.4. The highest BCUT2D eigenvalue weighted by Crippen LogP contribution is 2.39. The zero-order valence-corrected chi connectivity index (χ0v) is 39.1. The molecule has 2 bridgehead atoms.